The van der Waals surface area contributed by atoms with E-state index in [-0.39, 0.29) is 43.0 Å². The minimum absolute atomic E-state index is 0.147. The van der Waals surface area contributed by atoms with Crippen molar-refractivity contribution in [3.8, 4) is 0 Å². The highest BCUT2D eigenvalue weighted by atomic mass is 35.5. The van der Waals surface area contributed by atoms with Crippen LogP contribution in [0.5, 0.6) is 0 Å². The van der Waals surface area contributed by atoms with Gasteiger partial charge in [0.05, 0.1) is 24.1 Å². The number of carbonyl (C=O) groups is 2. The van der Waals surface area contributed by atoms with Gasteiger partial charge in [0.2, 0.25) is 15.9 Å². The first kappa shape index (κ1) is 31.0. The van der Waals surface area contributed by atoms with Gasteiger partial charge in [-0.3, -0.25) is 9.59 Å². The van der Waals surface area contributed by atoms with Gasteiger partial charge in [-0.1, -0.05) is 60.5 Å². The molecule has 1 amide bonds. The van der Waals surface area contributed by atoms with Crippen LogP contribution in [0.4, 0.5) is 0 Å². The Balaban J connectivity index is 1.67. The van der Waals surface area contributed by atoms with Gasteiger partial charge in [0.25, 0.3) is 0 Å². The van der Waals surface area contributed by atoms with Crippen molar-refractivity contribution in [1.82, 2.24) is 9.62 Å². The third-order valence-electron chi connectivity index (χ3n) is 8.55. The van der Waals surface area contributed by atoms with E-state index in [4.69, 9.17) is 23.2 Å². The van der Waals surface area contributed by atoms with Gasteiger partial charge in [-0.25, -0.2) is 8.42 Å². The molecular formula is C31H34Cl2N2O5S2. The summed E-state index contributed by atoms with van der Waals surface area (Å²) in [4.78, 5) is 26.5. The van der Waals surface area contributed by atoms with Gasteiger partial charge < -0.3 is 10.4 Å². The first-order valence-corrected chi connectivity index (χ1v) is 17.4. The maximum absolute atomic E-state index is 13.7. The number of aliphatic carboxylic acids is 1. The zero-order valence-corrected chi connectivity index (χ0v) is 26.5. The first-order valence-electron chi connectivity index (χ1n) is 13.9. The lowest BCUT2D eigenvalue weighted by Crippen LogP contribution is -2.59. The topological polar surface area (TPSA) is 104 Å². The number of nitrogens with one attached hydrogen (secondary N) is 1. The lowest BCUT2D eigenvalue weighted by Gasteiger charge is -2.48. The molecule has 5 unspecified atom stereocenters. The number of nitrogens with zero attached hydrogens (tertiary/aromatic N) is 1. The maximum atomic E-state index is 13.7. The molecule has 5 rings (SSSR count). The number of sulfonamides is 1. The van der Waals surface area contributed by atoms with E-state index in [0.717, 1.165) is 28.8 Å². The number of carbonyl (C=O) groups excluding carboxylic acids is 1. The molecule has 3 aromatic rings. The van der Waals surface area contributed by atoms with Gasteiger partial charge in [0.15, 0.2) is 0 Å². The Hall–Kier alpha value is -2.43. The number of rotatable bonds is 11. The molecule has 0 radical (unpaired) electrons. The van der Waals surface area contributed by atoms with Crippen LogP contribution in [-0.4, -0.2) is 42.0 Å². The second-order valence-corrected chi connectivity index (χ2v) is 15.6. The van der Waals surface area contributed by atoms with Crippen LogP contribution >= 0.6 is 34.5 Å². The second kappa shape index (κ2) is 12.3. The summed E-state index contributed by atoms with van der Waals surface area (Å²) in [7, 11) is -3.73. The average Bonchev–Trinajstić information content (AvgIpc) is 3.61. The summed E-state index contributed by atoms with van der Waals surface area (Å²) < 4.78 is 28.7. The molecule has 42 heavy (non-hydrogen) atoms. The molecule has 11 heteroatoms. The standard InChI is InChI=1S/C31H34Cl2N2O5S2/c1-31(17-26(36)37)16-25(21-5-3-6-23(33)15-21)28(34-30(31)38)27(19-8-9-19)29(20-10-12-22(32)13-11-20)35(42(2,39)40)18-24-7-4-14-41-24/h3-7,10-15,19,25,27-29H,8-9,16-18H2,1-2H3,(H,34,38)(H,36,37). The van der Waals surface area contributed by atoms with Crippen LogP contribution in [0.2, 0.25) is 10.0 Å². The highest BCUT2D eigenvalue weighted by molar-refractivity contribution is 7.88. The number of hydrogen-bond acceptors (Lipinski definition) is 5. The smallest absolute Gasteiger partial charge is 0.304 e. The predicted octanol–water partition coefficient (Wildman–Crippen LogP) is 6.74. The van der Waals surface area contributed by atoms with Gasteiger partial charge in [0.1, 0.15) is 0 Å². The minimum Gasteiger partial charge on any atom is -0.481 e. The van der Waals surface area contributed by atoms with Crippen molar-refractivity contribution in [2.75, 3.05) is 6.26 Å². The zero-order chi connectivity index (χ0) is 30.2. The van der Waals surface area contributed by atoms with Crippen molar-refractivity contribution in [3.63, 3.8) is 0 Å². The van der Waals surface area contributed by atoms with Crippen LogP contribution < -0.4 is 5.32 Å². The fourth-order valence-corrected chi connectivity index (χ4v) is 8.65. The predicted molar refractivity (Wildman–Crippen MR) is 166 cm³/mol. The molecule has 2 N–H and O–H groups in total. The zero-order valence-electron chi connectivity index (χ0n) is 23.4. The summed E-state index contributed by atoms with van der Waals surface area (Å²) in [5, 5.41) is 15.9. The van der Waals surface area contributed by atoms with Crippen molar-refractivity contribution in [3.05, 3.63) is 92.1 Å². The largest absolute Gasteiger partial charge is 0.481 e. The molecule has 0 spiro atoms. The van der Waals surface area contributed by atoms with Crippen LogP contribution in [0.15, 0.2) is 66.0 Å². The van der Waals surface area contributed by atoms with Crippen LogP contribution in [0, 0.1) is 17.3 Å². The maximum Gasteiger partial charge on any atom is 0.304 e. The fraction of sp³-hybridized carbons (Fsp3) is 0.419. The lowest BCUT2D eigenvalue weighted by atomic mass is 9.65. The molecule has 1 aliphatic carbocycles. The Morgan fingerprint density at radius 1 is 1.12 bits per heavy atom. The van der Waals surface area contributed by atoms with E-state index in [9.17, 15) is 23.1 Å². The Bertz CT molecular complexity index is 1540. The summed E-state index contributed by atoms with van der Waals surface area (Å²) in [5.74, 6) is -1.84. The normalized spacial score (nSPS) is 24.3. The van der Waals surface area contributed by atoms with E-state index in [1.54, 1.807) is 29.4 Å². The van der Waals surface area contributed by atoms with Crippen molar-refractivity contribution in [2.45, 2.75) is 57.2 Å². The number of amides is 1. The molecule has 2 aromatic carbocycles. The number of hydrogen-bond donors (Lipinski definition) is 2. The molecule has 1 aromatic heterocycles. The Labute approximate surface area is 260 Å². The summed E-state index contributed by atoms with van der Waals surface area (Å²) in [6.07, 6.45) is 2.99. The molecule has 2 heterocycles. The van der Waals surface area contributed by atoms with Crippen LogP contribution in [0.3, 0.4) is 0 Å². The lowest BCUT2D eigenvalue weighted by molar-refractivity contribution is -0.148. The van der Waals surface area contributed by atoms with Crippen molar-refractivity contribution in [1.29, 1.82) is 0 Å². The van der Waals surface area contributed by atoms with E-state index in [1.165, 1.54) is 17.6 Å². The van der Waals surface area contributed by atoms with Crippen molar-refractivity contribution < 1.29 is 23.1 Å². The Morgan fingerprint density at radius 2 is 1.83 bits per heavy atom. The first-order chi connectivity index (χ1) is 19.9. The number of halogens is 2. The summed E-state index contributed by atoms with van der Waals surface area (Å²) in [6, 6.07) is 17.4. The number of carboxylic acids is 1. The Morgan fingerprint density at radius 3 is 2.40 bits per heavy atom. The quantitative estimate of drug-likeness (QED) is 0.240. The van der Waals surface area contributed by atoms with Crippen molar-refractivity contribution >= 4 is 56.4 Å². The molecule has 1 saturated heterocycles. The van der Waals surface area contributed by atoms with Gasteiger partial charge in [-0.2, -0.15) is 4.31 Å². The van der Waals surface area contributed by atoms with E-state index < -0.39 is 33.5 Å². The molecule has 224 valence electrons. The summed E-state index contributed by atoms with van der Waals surface area (Å²) in [5.41, 5.74) is 0.525. The van der Waals surface area contributed by atoms with Gasteiger partial charge >= 0.3 is 5.97 Å². The second-order valence-electron chi connectivity index (χ2n) is 11.8. The van der Waals surface area contributed by atoms with E-state index in [0.29, 0.717) is 10.0 Å². The molecule has 2 aliphatic rings. The van der Waals surface area contributed by atoms with Crippen LogP contribution in [-0.2, 0) is 26.2 Å². The monoisotopic (exact) mass is 648 g/mol. The van der Waals surface area contributed by atoms with E-state index >= 15 is 0 Å². The molecule has 1 aliphatic heterocycles. The number of thiophene rings is 1. The SMILES string of the molecule is CC1(CC(=O)O)CC(c2cccc(Cl)c2)C(C(C2CC2)C(c2ccc(Cl)cc2)N(Cc2cccs2)S(C)(=O)=O)NC1=O. The molecule has 7 nitrogen and oxygen atoms in total. The third kappa shape index (κ3) is 6.86. The molecule has 2 fully saturated rings. The highest BCUT2D eigenvalue weighted by Crippen LogP contribution is 2.54. The number of carboxylic acid groups (broad SMARTS) is 1. The minimum atomic E-state index is -3.73. The van der Waals surface area contributed by atoms with Gasteiger partial charge in [-0.05, 0) is 72.0 Å². The molecule has 0 bridgehead atoms. The Kier molecular flexibility index (Phi) is 9.07. The van der Waals surface area contributed by atoms with Crippen LogP contribution in [0.1, 0.15) is 60.6 Å². The third-order valence-corrected chi connectivity index (χ3v) is 11.1. The highest BCUT2D eigenvalue weighted by Gasteiger charge is 2.54. The summed E-state index contributed by atoms with van der Waals surface area (Å²) >= 11 is 14.2. The fourth-order valence-electron chi connectivity index (χ4n) is 6.49. The van der Waals surface area contributed by atoms with Gasteiger partial charge in [-0.15, -0.1) is 11.3 Å². The van der Waals surface area contributed by atoms with Crippen LogP contribution in [0.25, 0.3) is 0 Å². The molecular weight excluding hydrogens is 615 g/mol. The molecule has 5 atom stereocenters. The molecule has 1 saturated carbocycles. The number of piperidine rings is 1. The van der Waals surface area contributed by atoms with Gasteiger partial charge in [0, 0.05) is 39.3 Å². The van der Waals surface area contributed by atoms with Crippen molar-refractivity contribution in [2.24, 2.45) is 17.3 Å². The van der Waals surface area contributed by atoms with E-state index in [1.807, 2.05) is 47.8 Å². The number of benzene rings is 2. The average molecular weight is 650 g/mol. The summed E-state index contributed by atoms with van der Waals surface area (Å²) in [6.45, 7) is 1.87. The van der Waals surface area contributed by atoms with E-state index in [2.05, 4.69) is 5.32 Å².